The van der Waals surface area contributed by atoms with Gasteiger partial charge in [-0.15, -0.1) is 11.3 Å². The molecular formula is C13H14ClN3O2S. The first-order chi connectivity index (χ1) is 9.61. The molecule has 2 heterocycles. The van der Waals surface area contributed by atoms with Crippen LogP contribution in [0, 0.1) is 10.1 Å². The molecule has 2 rings (SSSR count). The van der Waals surface area contributed by atoms with E-state index in [9.17, 15) is 10.1 Å². The lowest BCUT2D eigenvalue weighted by atomic mass is 10.1. The molecule has 1 N–H and O–H groups in total. The van der Waals surface area contributed by atoms with Crippen molar-refractivity contribution in [3.05, 3.63) is 49.8 Å². The third-order valence-corrected chi connectivity index (χ3v) is 4.00. The fourth-order valence-corrected chi connectivity index (χ4v) is 2.87. The minimum absolute atomic E-state index is 0.0207. The van der Waals surface area contributed by atoms with E-state index in [-0.39, 0.29) is 22.6 Å². The number of anilines is 1. The summed E-state index contributed by atoms with van der Waals surface area (Å²) in [6, 6.07) is 5.31. The molecule has 0 aromatic carbocycles. The highest BCUT2D eigenvalue weighted by atomic mass is 35.5. The maximum atomic E-state index is 11.1. The van der Waals surface area contributed by atoms with E-state index in [0.717, 1.165) is 17.7 Å². The van der Waals surface area contributed by atoms with Crippen LogP contribution in [0.25, 0.3) is 0 Å². The van der Waals surface area contributed by atoms with E-state index in [0.29, 0.717) is 0 Å². The van der Waals surface area contributed by atoms with Gasteiger partial charge in [0.25, 0.3) is 0 Å². The van der Waals surface area contributed by atoms with Crippen molar-refractivity contribution in [2.75, 3.05) is 5.32 Å². The summed E-state index contributed by atoms with van der Waals surface area (Å²) in [7, 11) is 0. The van der Waals surface area contributed by atoms with Gasteiger partial charge in [0.1, 0.15) is 0 Å². The summed E-state index contributed by atoms with van der Waals surface area (Å²) in [5.41, 5.74) is -0.102. The highest BCUT2D eigenvalue weighted by Gasteiger charge is 2.20. The molecule has 0 saturated carbocycles. The van der Waals surface area contributed by atoms with Crippen LogP contribution in [0.3, 0.4) is 0 Å². The molecule has 1 atom stereocenters. The number of halogens is 1. The molecule has 106 valence electrons. The minimum atomic E-state index is -0.474. The molecule has 0 aliphatic carbocycles. The fourth-order valence-electron chi connectivity index (χ4n) is 1.91. The van der Waals surface area contributed by atoms with Gasteiger partial charge in [-0.1, -0.05) is 31.0 Å². The Morgan fingerprint density at radius 2 is 2.40 bits per heavy atom. The third kappa shape index (κ3) is 3.46. The smallest absolute Gasteiger partial charge is 0.312 e. The molecule has 0 fully saturated rings. The molecule has 0 aliphatic rings. The quantitative estimate of drug-likeness (QED) is 0.622. The number of thiophene rings is 1. The Morgan fingerprint density at radius 3 is 3.00 bits per heavy atom. The summed E-state index contributed by atoms with van der Waals surface area (Å²) in [5, 5.41) is 16.5. The lowest BCUT2D eigenvalue weighted by molar-refractivity contribution is -0.384. The van der Waals surface area contributed by atoms with Crippen LogP contribution in [0.2, 0.25) is 5.02 Å². The molecule has 5 nitrogen and oxygen atoms in total. The Kier molecular flexibility index (Phi) is 4.92. The Balaban J connectivity index is 2.29. The Hall–Kier alpha value is -1.66. The molecule has 20 heavy (non-hydrogen) atoms. The van der Waals surface area contributed by atoms with Crippen molar-refractivity contribution in [2.45, 2.75) is 25.8 Å². The van der Waals surface area contributed by atoms with Crippen molar-refractivity contribution in [2.24, 2.45) is 0 Å². The van der Waals surface area contributed by atoms with Gasteiger partial charge in [0.15, 0.2) is 0 Å². The highest BCUT2D eigenvalue weighted by molar-refractivity contribution is 7.10. The average molecular weight is 312 g/mol. The minimum Gasteiger partial charge on any atom is -0.357 e. The van der Waals surface area contributed by atoms with Crippen LogP contribution in [0.5, 0.6) is 0 Å². The summed E-state index contributed by atoms with van der Waals surface area (Å²) in [5.74, 6) is 0.256. The van der Waals surface area contributed by atoms with Gasteiger partial charge in [-0.2, -0.15) is 0 Å². The second-order valence-electron chi connectivity index (χ2n) is 4.28. The molecule has 2 aromatic heterocycles. The van der Waals surface area contributed by atoms with Gasteiger partial charge in [0, 0.05) is 17.1 Å². The molecule has 0 spiro atoms. The van der Waals surface area contributed by atoms with Crippen LogP contribution in [0.1, 0.15) is 30.7 Å². The predicted molar refractivity (Wildman–Crippen MR) is 81.5 cm³/mol. The number of aromatic nitrogens is 1. The van der Waals surface area contributed by atoms with Crippen molar-refractivity contribution in [1.82, 2.24) is 4.98 Å². The van der Waals surface area contributed by atoms with Gasteiger partial charge in [0.2, 0.25) is 5.82 Å². The average Bonchev–Trinajstić information content (AvgIpc) is 2.93. The Labute approximate surface area is 125 Å². The number of hydrogen-bond donors (Lipinski definition) is 1. The van der Waals surface area contributed by atoms with Gasteiger partial charge in [-0.3, -0.25) is 10.1 Å². The zero-order valence-corrected chi connectivity index (χ0v) is 12.4. The SMILES string of the molecule is CCCC(Nc1ncc(Cl)cc1[N+](=O)[O-])c1cccs1. The molecule has 0 radical (unpaired) electrons. The van der Waals surface area contributed by atoms with E-state index < -0.39 is 4.92 Å². The van der Waals surface area contributed by atoms with E-state index in [1.54, 1.807) is 11.3 Å². The third-order valence-electron chi connectivity index (χ3n) is 2.81. The molecule has 0 bridgehead atoms. The van der Waals surface area contributed by atoms with Crippen LogP contribution < -0.4 is 5.32 Å². The van der Waals surface area contributed by atoms with Crippen molar-refractivity contribution in [3.8, 4) is 0 Å². The first-order valence-electron chi connectivity index (χ1n) is 6.21. The van der Waals surface area contributed by atoms with Crippen LogP contribution in [0.4, 0.5) is 11.5 Å². The first-order valence-corrected chi connectivity index (χ1v) is 7.47. The van der Waals surface area contributed by atoms with E-state index in [2.05, 4.69) is 17.2 Å². The number of pyridine rings is 1. The van der Waals surface area contributed by atoms with Crippen LogP contribution in [-0.4, -0.2) is 9.91 Å². The second kappa shape index (κ2) is 6.67. The fraction of sp³-hybridized carbons (Fsp3) is 0.308. The van der Waals surface area contributed by atoms with Crippen LogP contribution in [0.15, 0.2) is 29.8 Å². The largest absolute Gasteiger partial charge is 0.357 e. The van der Waals surface area contributed by atoms with E-state index in [1.807, 2.05) is 17.5 Å². The molecular weight excluding hydrogens is 298 g/mol. The summed E-state index contributed by atoms with van der Waals surface area (Å²) < 4.78 is 0. The molecule has 0 saturated heterocycles. The maximum absolute atomic E-state index is 11.1. The van der Waals surface area contributed by atoms with Gasteiger partial charge >= 0.3 is 5.69 Å². The summed E-state index contributed by atoms with van der Waals surface area (Å²) in [6.45, 7) is 2.08. The molecule has 0 aliphatic heterocycles. The number of nitro groups is 1. The Morgan fingerprint density at radius 1 is 1.60 bits per heavy atom. The Bertz CT molecular complexity index is 589. The van der Waals surface area contributed by atoms with Crippen molar-refractivity contribution in [1.29, 1.82) is 0 Å². The van der Waals surface area contributed by atoms with Crippen molar-refractivity contribution >= 4 is 34.4 Å². The van der Waals surface area contributed by atoms with E-state index in [4.69, 9.17) is 11.6 Å². The van der Waals surface area contributed by atoms with E-state index in [1.165, 1.54) is 12.3 Å². The van der Waals surface area contributed by atoms with Gasteiger partial charge in [0.05, 0.1) is 16.0 Å². The van der Waals surface area contributed by atoms with Gasteiger partial charge < -0.3 is 5.32 Å². The number of nitrogens with zero attached hydrogens (tertiary/aromatic N) is 2. The second-order valence-corrected chi connectivity index (χ2v) is 5.70. The molecule has 0 amide bonds. The van der Waals surface area contributed by atoms with E-state index >= 15 is 0 Å². The standard InChI is InChI=1S/C13H14ClN3O2S/c1-2-4-10(12-5-3-6-20-12)16-13-11(17(18)19)7-9(14)8-15-13/h3,5-8,10H,2,4H2,1H3,(H,15,16). The summed E-state index contributed by atoms with van der Waals surface area (Å²) >= 11 is 7.39. The van der Waals surface area contributed by atoms with Crippen molar-refractivity contribution < 1.29 is 4.92 Å². The van der Waals surface area contributed by atoms with Crippen LogP contribution >= 0.6 is 22.9 Å². The summed E-state index contributed by atoms with van der Waals surface area (Å²) in [6.07, 6.45) is 3.26. The highest BCUT2D eigenvalue weighted by Crippen LogP contribution is 2.31. The number of hydrogen-bond acceptors (Lipinski definition) is 5. The zero-order valence-electron chi connectivity index (χ0n) is 10.9. The molecule has 7 heteroatoms. The number of rotatable bonds is 6. The lowest BCUT2D eigenvalue weighted by Crippen LogP contribution is -2.11. The number of nitrogens with one attached hydrogen (secondary N) is 1. The normalized spacial score (nSPS) is 12.1. The predicted octanol–water partition coefficient (Wildman–Crippen LogP) is 4.66. The first kappa shape index (κ1) is 14.7. The van der Waals surface area contributed by atoms with Gasteiger partial charge in [-0.05, 0) is 17.9 Å². The van der Waals surface area contributed by atoms with Gasteiger partial charge in [-0.25, -0.2) is 4.98 Å². The maximum Gasteiger partial charge on any atom is 0.312 e. The summed E-state index contributed by atoms with van der Waals surface area (Å²) in [4.78, 5) is 15.8. The zero-order chi connectivity index (χ0) is 14.5. The lowest BCUT2D eigenvalue weighted by Gasteiger charge is -2.17. The monoisotopic (exact) mass is 311 g/mol. The molecule has 1 unspecified atom stereocenters. The van der Waals surface area contributed by atoms with Crippen LogP contribution in [-0.2, 0) is 0 Å². The molecule has 2 aromatic rings. The topological polar surface area (TPSA) is 68.1 Å². The van der Waals surface area contributed by atoms with Crippen molar-refractivity contribution in [3.63, 3.8) is 0 Å².